The average Bonchev–Trinajstić information content (AvgIpc) is 3.31. The van der Waals surface area contributed by atoms with Crippen LogP contribution in [0.2, 0.25) is 0 Å². The van der Waals surface area contributed by atoms with E-state index in [-0.39, 0.29) is 29.5 Å². The van der Waals surface area contributed by atoms with Gasteiger partial charge in [0.25, 0.3) is 0 Å². The zero-order chi connectivity index (χ0) is 19.3. The summed E-state index contributed by atoms with van der Waals surface area (Å²) in [6.07, 6.45) is -5.81. The normalized spacial score (nSPS) is 42.2. The third kappa shape index (κ3) is 2.36. The van der Waals surface area contributed by atoms with Gasteiger partial charge in [-0.2, -0.15) is 0 Å². The second-order valence-electron chi connectivity index (χ2n) is 7.48. The van der Waals surface area contributed by atoms with E-state index in [1.807, 2.05) is 22.6 Å². The van der Waals surface area contributed by atoms with Crippen molar-refractivity contribution in [1.82, 2.24) is 7.06 Å². The maximum absolute atomic E-state index is 14.3. The number of ether oxygens (including phenoxy) is 1. The number of alkyl halides is 7. The molecule has 4 fully saturated rings. The molecule has 0 spiro atoms. The summed E-state index contributed by atoms with van der Waals surface area (Å²) < 4.78 is 78.2. The molecule has 0 aromatic rings. The Kier molecular flexibility index (Phi) is 4.21. The van der Waals surface area contributed by atoms with Crippen molar-refractivity contribution in [3.63, 3.8) is 0 Å². The van der Waals surface area contributed by atoms with Crippen molar-refractivity contribution >= 4 is 48.9 Å². The Bertz CT molecular complexity index is 655. The fourth-order valence-corrected chi connectivity index (χ4v) is 12.2. The van der Waals surface area contributed by atoms with Gasteiger partial charge in [0.2, 0.25) is 0 Å². The van der Waals surface area contributed by atoms with Crippen LogP contribution in [0.15, 0.2) is 0 Å². The van der Waals surface area contributed by atoms with Crippen molar-refractivity contribution in [2.45, 2.75) is 51.0 Å². The summed E-state index contributed by atoms with van der Waals surface area (Å²) >= 11 is 0.640. The first-order valence-electron chi connectivity index (χ1n) is 8.07. The number of hydrogen-bond acceptors (Lipinski definition) is 5. The molecule has 2 heterocycles. The molecular weight excluding hydrogens is 593 g/mol. The van der Waals surface area contributed by atoms with Gasteiger partial charge in [0.05, 0.1) is 0 Å². The summed E-state index contributed by atoms with van der Waals surface area (Å²) in [5.74, 6) is -8.46. The van der Waals surface area contributed by atoms with Gasteiger partial charge in [0, 0.05) is 0 Å². The quantitative estimate of drug-likeness (QED) is 0.0849. The van der Waals surface area contributed by atoms with Crippen LogP contribution in [0.5, 0.6) is 0 Å². The van der Waals surface area contributed by atoms with E-state index in [2.05, 4.69) is 7.06 Å². The number of hydrogen-bond donors (Lipinski definition) is 3. The van der Waals surface area contributed by atoms with E-state index in [1.54, 1.807) is 6.92 Å². The minimum atomic E-state index is -5.37. The van der Waals surface area contributed by atoms with E-state index in [4.69, 9.17) is 4.74 Å². The third-order valence-electron chi connectivity index (χ3n) is 6.11. The van der Waals surface area contributed by atoms with Gasteiger partial charge in [-0.25, -0.2) is 0 Å². The Morgan fingerprint density at radius 3 is 2.38 bits per heavy atom. The van der Waals surface area contributed by atoms with E-state index in [0.29, 0.717) is 0 Å². The number of halogens is 7. The van der Waals surface area contributed by atoms with Gasteiger partial charge in [0.1, 0.15) is 0 Å². The van der Waals surface area contributed by atoms with Gasteiger partial charge in [-0.1, -0.05) is 0 Å². The van der Waals surface area contributed by atoms with Gasteiger partial charge >= 0.3 is 168 Å². The van der Waals surface area contributed by atoms with Crippen LogP contribution >= 0.6 is 43.0 Å². The molecule has 2 aliphatic carbocycles. The van der Waals surface area contributed by atoms with Crippen LogP contribution in [0.1, 0.15) is 26.2 Å². The number of carbonyl (C=O) groups excluding carboxylic acids is 1. The van der Waals surface area contributed by atoms with E-state index in [9.17, 15) is 31.9 Å². The van der Waals surface area contributed by atoms with Crippen LogP contribution in [0, 0.1) is 17.8 Å². The molecule has 5 nitrogen and oxygen atoms in total. The molecule has 4 rings (SSSR count). The van der Waals surface area contributed by atoms with Gasteiger partial charge in [-0.15, -0.1) is 0 Å². The topological polar surface area (TPSA) is 90.4 Å². The molecule has 2 saturated carbocycles. The molecule has 0 aromatic heterocycles. The molecule has 150 valence electrons. The van der Waals surface area contributed by atoms with E-state index >= 15 is 0 Å². The molecule has 26 heavy (non-hydrogen) atoms. The van der Waals surface area contributed by atoms with E-state index < -0.39 is 65.2 Å². The number of fused-ring (bicyclic) bond motifs is 3. The van der Waals surface area contributed by atoms with Gasteiger partial charge < -0.3 is 0 Å². The molecule has 0 amide bonds. The van der Waals surface area contributed by atoms with Crippen LogP contribution in [0.25, 0.3) is 0 Å². The number of esters is 1. The van der Waals surface area contributed by atoms with Crippen molar-refractivity contribution in [3.8, 4) is 0 Å². The summed E-state index contributed by atoms with van der Waals surface area (Å²) in [5.41, 5.74) is -3.95. The SMILES string of the molecule is CC(I)(C(=O)OCCC1CC2CC1C(F)(F)C2(O)C(F)(F)F)C12NI1N2. The first-order chi connectivity index (χ1) is 11.8. The van der Waals surface area contributed by atoms with Crippen molar-refractivity contribution in [1.29, 1.82) is 0 Å². The molecule has 2 aliphatic heterocycles. The molecule has 2 saturated heterocycles. The van der Waals surface area contributed by atoms with Gasteiger partial charge in [-0.05, 0) is 0 Å². The summed E-state index contributed by atoms with van der Waals surface area (Å²) in [4.78, 5) is 12.3. The molecule has 4 aliphatic rings. The van der Waals surface area contributed by atoms with Crippen LogP contribution < -0.4 is 7.06 Å². The Hall–Kier alpha value is 0.460. The predicted octanol–water partition coefficient (Wildman–Crippen LogP) is 2.89. The molecule has 5 unspecified atom stereocenters. The van der Waals surface area contributed by atoms with Crippen molar-refractivity contribution in [2.24, 2.45) is 17.8 Å². The Labute approximate surface area is 167 Å². The van der Waals surface area contributed by atoms with E-state index in [1.165, 1.54) is 0 Å². The molecule has 3 N–H and O–H groups in total. The van der Waals surface area contributed by atoms with Crippen LogP contribution in [0.4, 0.5) is 22.0 Å². The van der Waals surface area contributed by atoms with Crippen LogP contribution in [0.3, 0.4) is 0 Å². The number of carbonyl (C=O) groups is 1. The molecule has 12 heteroatoms. The number of nitrogens with one attached hydrogen (secondary N) is 2. The summed E-state index contributed by atoms with van der Waals surface area (Å²) in [5, 5.41) is 9.71. The predicted molar refractivity (Wildman–Crippen MR) is 96.7 cm³/mol. The van der Waals surface area contributed by atoms with Gasteiger partial charge in [0.15, 0.2) is 0 Å². The van der Waals surface area contributed by atoms with E-state index in [0.717, 1.165) is 0 Å². The molecule has 2 bridgehead atoms. The summed E-state index contributed by atoms with van der Waals surface area (Å²) in [7, 11) is 0. The first-order valence-corrected chi connectivity index (χ1v) is 12.4. The third-order valence-corrected chi connectivity index (χ3v) is 13.2. The average molecular weight is 610 g/mol. The second kappa shape index (κ2) is 5.53. The molecule has 0 radical (unpaired) electrons. The van der Waals surface area contributed by atoms with Crippen molar-refractivity contribution < 1.29 is 36.6 Å². The van der Waals surface area contributed by atoms with Crippen molar-refractivity contribution in [3.05, 3.63) is 0 Å². The van der Waals surface area contributed by atoms with Crippen molar-refractivity contribution in [2.75, 3.05) is 6.61 Å². The van der Waals surface area contributed by atoms with Crippen LogP contribution in [-0.4, -0.2) is 42.5 Å². The number of rotatable bonds is 5. The monoisotopic (exact) mass is 610 g/mol. The maximum atomic E-state index is 14.3. The summed E-state index contributed by atoms with van der Waals surface area (Å²) in [6, 6.07) is 0. The second-order valence-corrected chi connectivity index (χ2v) is 14.0. The standard InChI is InChI=1S/C14H17F5I2N2O3/c1-10(20,14-21(22-14)23-14)9(24)26-3-2-6-4-7-5-8(6)12(15,16)11(7,25)13(17,18)19/h6-8,22-23,25H,2-5H2,1H3. The summed E-state index contributed by atoms with van der Waals surface area (Å²) in [6.45, 7) is 1.62. The first kappa shape index (κ1) is 19.8. The zero-order valence-corrected chi connectivity index (χ0v) is 17.8. The van der Waals surface area contributed by atoms with Gasteiger partial charge in [-0.3, -0.25) is 0 Å². The number of aliphatic hydroxyl groups is 1. The minimum absolute atomic E-state index is 0.0688. The van der Waals surface area contributed by atoms with Crippen LogP contribution in [-0.2, 0) is 9.53 Å². The Balaban J connectivity index is 1.35. The molecule has 0 aromatic carbocycles. The Morgan fingerprint density at radius 2 is 1.92 bits per heavy atom. The molecule has 5 atom stereocenters. The Morgan fingerprint density at radius 1 is 1.35 bits per heavy atom. The fraction of sp³-hybridized carbons (Fsp3) is 0.929. The fourth-order valence-electron chi connectivity index (χ4n) is 4.36. The molecular formula is C14H17F5I2N2O3. The zero-order valence-electron chi connectivity index (χ0n) is 13.5.